The van der Waals surface area contributed by atoms with Crippen molar-refractivity contribution in [1.82, 2.24) is 0 Å². The molecule has 0 aromatic heterocycles. The van der Waals surface area contributed by atoms with Gasteiger partial charge < -0.3 is 19.7 Å². The van der Waals surface area contributed by atoms with Crippen LogP contribution in [0.15, 0.2) is 84.9 Å². The highest BCUT2D eigenvalue weighted by molar-refractivity contribution is 5.83. The Balaban J connectivity index is 1.53. The zero-order chi connectivity index (χ0) is 23.1. The lowest BCUT2D eigenvalue weighted by atomic mass is 9.89. The van der Waals surface area contributed by atoms with E-state index in [1.54, 1.807) is 0 Å². The van der Waals surface area contributed by atoms with E-state index in [0.717, 1.165) is 57.7 Å². The summed E-state index contributed by atoms with van der Waals surface area (Å²) in [7, 11) is 0. The van der Waals surface area contributed by atoms with Gasteiger partial charge in [-0.1, -0.05) is 60.7 Å². The molecule has 0 aliphatic carbocycles. The zero-order valence-electron chi connectivity index (χ0n) is 18.8. The number of benzene rings is 4. The number of hydrogen-bond acceptors (Lipinski definition) is 4. The van der Waals surface area contributed by atoms with Gasteiger partial charge in [0.25, 0.3) is 0 Å². The molecule has 2 atom stereocenters. The maximum absolute atomic E-state index is 11.1. The summed E-state index contributed by atoms with van der Waals surface area (Å²) < 4.78 is 10.9. The molecule has 2 fully saturated rings. The normalized spacial score (nSPS) is 18.6. The molecule has 4 nitrogen and oxygen atoms in total. The van der Waals surface area contributed by atoms with Crippen molar-refractivity contribution < 1.29 is 19.7 Å². The van der Waals surface area contributed by atoms with Gasteiger partial charge in [0.05, 0.1) is 25.4 Å². The van der Waals surface area contributed by atoms with Crippen molar-refractivity contribution in [2.24, 2.45) is 0 Å². The van der Waals surface area contributed by atoms with E-state index in [-0.39, 0.29) is 12.2 Å². The Hall–Kier alpha value is -3.60. The molecule has 4 aromatic rings. The molecular weight excluding hydrogens is 424 g/mol. The molecule has 0 radical (unpaired) electrons. The summed E-state index contributed by atoms with van der Waals surface area (Å²) in [5, 5.41) is 22.3. The van der Waals surface area contributed by atoms with Crippen LogP contribution in [0, 0.1) is 0 Å². The number of rotatable bonds is 7. The molecule has 6 rings (SSSR count). The Labute approximate surface area is 199 Å². The van der Waals surface area contributed by atoms with Gasteiger partial charge in [0.2, 0.25) is 0 Å². The molecular formula is C30H26O4. The quantitative estimate of drug-likeness (QED) is 0.340. The van der Waals surface area contributed by atoms with E-state index in [9.17, 15) is 10.2 Å². The average Bonchev–Trinajstić information content (AvgIpc) is 3.80. The van der Waals surface area contributed by atoms with Crippen LogP contribution in [0.5, 0.6) is 11.5 Å². The second kappa shape index (κ2) is 8.64. The second-order valence-corrected chi connectivity index (χ2v) is 9.11. The Kier molecular flexibility index (Phi) is 5.33. The Morgan fingerprint density at radius 1 is 0.559 bits per heavy atom. The van der Waals surface area contributed by atoms with Gasteiger partial charge in [0.15, 0.2) is 0 Å². The smallest absolute Gasteiger partial charge is 0.126 e. The van der Waals surface area contributed by atoms with Crippen LogP contribution < -0.4 is 0 Å². The summed E-state index contributed by atoms with van der Waals surface area (Å²) in [5.41, 5.74) is 7.29. The van der Waals surface area contributed by atoms with Crippen LogP contribution in [0.2, 0.25) is 0 Å². The van der Waals surface area contributed by atoms with Gasteiger partial charge >= 0.3 is 0 Å². The number of epoxide rings is 2. The second-order valence-electron chi connectivity index (χ2n) is 9.11. The van der Waals surface area contributed by atoms with Crippen molar-refractivity contribution in [1.29, 1.82) is 0 Å². The molecule has 2 saturated heterocycles. The van der Waals surface area contributed by atoms with Crippen LogP contribution >= 0.6 is 0 Å². The molecule has 0 saturated carbocycles. The van der Waals surface area contributed by atoms with Crippen molar-refractivity contribution in [3.8, 4) is 44.9 Å². The van der Waals surface area contributed by atoms with E-state index in [1.807, 2.05) is 72.8 Å². The fraction of sp³-hybridized carbons (Fsp3) is 0.200. The summed E-state index contributed by atoms with van der Waals surface area (Å²) in [4.78, 5) is 0. The van der Waals surface area contributed by atoms with E-state index >= 15 is 0 Å². The highest BCUT2D eigenvalue weighted by Crippen LogP contribution is 2.42. The molecule has 34 heavy (non-hydrogen) atoms. The van der Waals surface area contributed by atoms with Gasteiger partial charge in [0, 0.05) is 24.0 Å². The minimum atomic E-state index is 0.159. The third kappa shape index (κ3) is 4.30. The summed E-state index contributed by atoms with van der Waals surface area (Å²) >= 11 is 0. The predicted octanol–water partition coefficient (Wildman–Crippen LogP) is 5.98. The van der Waals surface area contributed by atoms with Gasteiger partial charge in [-0.2, -0.15) is 0 Å². The minimum absolute atomic E-state index is 0.159. The maximum atomic E-state index is 11.1. The van der Waals surface area contributed by atoms with Gasteiger partial charge in [-0.05, 0) is 57.6 Å². The van der Waals surface area contributed by atoms with Gasteiger partial charge in [-0.25, -0.2) is 0 Å². The van der Waals surface area contributed by atoms with Crippen molar-refractivity contribution in [2.75, 3.05) is 13.2 Å². The van der Waals surface area contributed by atoms with Crippen LogP contribution in [0.1, 0.15) is 11.1 Å². The first-order valence-electron chi connectivity index (χ1n) is 11.7. The van der Waals surface area contributed by atoms with Crippen LogP contribution in [0.3, 0.4) is 0 Å². The number of phenols is 2. The standard InChI is InChI=1S/C30H26O4/c31-29-23(13-25-17-33-25)11-21(15-27(29)19-7-3-1-4-8-19)22-12-24(14-26-18-34-26)30(32)28(16-22)20-9-5-2-6-10-20/h1-12,15-16,25-26,31-32H,13-14,17-18H2. The number of hydrogen-bond donors (Lipinski definition) is 2. The Bertz CT molecular complexity index is 1220. The van der Waals surface area contributed by atoms with E-state index in [4.69, 9.17) is 9.47 Å². The lowest BCUT2D eigenvalue weighted by molar-refractivity contribution is 0.402. The van der Waals surface area contributed by atoms with Crippen LogP contribution in [-0.4, -0.2) is 35.6 Å². The van der Waals surface area contributed by atoms with E-state index in [2.05, 4.69) is 12.1 Å². The molecule has 170 valence electrons. The van der Waals surface area contributed by atoms with Crippen molar-refractivity contribution in [3.63, 3.8) is 0 Å². The minimum Gasteiger partial charge on any atom is -0.507 e. The molecule has 2 heterocycles. The lowest BCUT2D eigenvalue weighted by Crippen LogP contribution is -1.98. The average molecular weight is 451 g/mol. The summed E-state index contributed by atoms with van der Waals surface area (Å²) in [6.07, 6.45) is 1.66. The molecule has 2 N–H and O–H groups in total. The van der Waals surface area contributed by atoms with Gasteiger partial charge in [-0.3, -0.25) is 0 Å². The zero-order valence-corrected chi connectivity index (χ0v) is 18.8. The topological polar surface area (TPSA) is 65.5 Å². The number of ether oxygens (including phenoxy) is 2. The number of phenolic OH excluding ortho intramolecular Hbond substituents is 2. The molecule has 4 heteroatoms. The van der Waals surface area contributed by atoms with E-state index < -0.39 is 0 Å². The monoisotopic (exact) mass is 450 g/mol. The first kappa shape index (κ1) is 21.0. The highest BCUT2D eigenvalue weighted by atomic mass is 16.6. The van der Waals surface area contributed by atoms with Crippen LogP contribution in [0.25, 0.3) is 33.4 Å². The van der Waals surface area contributed by atoms with Crippen molar-refractivity contribution in [3.05, 3.63) is 96.1 Å². The van der Waals surface area contributed by atoms with Crippen LogP contribution in [-0.2, 0) is 22.3 Å². The number of aromatic hydroxyl groups is 2. The molecule has 2 aliphatic heterocycles. The summed E-state index contributed by atoms with van der Waals surface area (Å²) in [6, 6.07) is 28.1. The SMILES string of the molecule is Oc1c(CC2CO2)cc(-c2cc(CC3CO3)c(O)c(-c3ccccc3)c2)cc1-c1ccccc1. The van der Waals surface area contributed by atoms with Crippen molar-refractivity contribution >= 4 is 0 Å². The first-order valence-corrected chi connectivity index (χ1v) is 11.7. The Morgan fingerprint density at radius 2 is 0.941 bits per heavy atom. The molecule has 2 aliphatic rings. The van der Waals surface area contributed by atoms with Crippen LogP contribution in [0.4, 0.5) is 0 Å². The van der Waals surface area contributed by atoms with E-state index in [1.165, 1.54) is 0 Å². The molecule has 4 aromatic carbocycles. The Morgan fingerprint density at radius 3 is 1.29 bits per heavy atom. The summed E-state index contributed by atoms with van der Waals surface area (Å²) in [5.74, 6) is 0.609. The molecule has 0 amide bonds. The highest BCUT2D eigenvalue weighted by Gasteiger charge is 2.27. The molecule has 2 unspecified atom stereocenters. The fourth-order valence-corrected chi connectivity index (χ4v) is 4.57. The summed E-state index contributed by atoms with van der Waals surface area (Å²) in [6.45, 7) is 1.46. The third-order valence-electron chi connectivity index (χ3n) is 6.58. The maximum Gasteiger partial charge on any atom is 0.126 e. The fourth-order valence-electron chi connectivity index (χ4n) is 4.57. The molecule has 0 spiro atoms. The third-order valence-corrected chi connectivity index (χ3v) is 6.58. The lowest BCUT2D eigenvalue weighted by Gasteiger charge is -2.17. The van der Waals surface area contributed by atoms with E-state index in [0.29, 0.717) is 24.3 Å². The first-order chi connectivity index (χ1) is 16.7. The largest absolute Gasteiger partial charge is 0.507 e. The van der Waals surface area contributed by atoms with Gasteiger partial charge in [0.1, 0.15) is 11.5 Å². The predicted molar refractivity (Wildman–Crippen MR) is 133 cm³/mol. The van der Waals surface area contributed by atoms with Gasteiger partial charge in [-0.15, -0.1) is 0 Å². The van der Waals surface area contributed by atoms with Crippen molar-refractivity contribution in [2.45, 2.75) is 25.0 Å². The molecule has 0 bridgehead atoms.